The standard InChI is InChI=1S/C14H21NO2/c1-14(8-2-3-9-17-14)13(15)10-11-4-6-12(16)7-5-11/h4-7,13,16H,2-3,8-10,15H2,1H3. The lowest BCUT2D eigenvalue weighted by Gasteiger charge is -2.38. The van der Waals surface area contributed by atoms with Gasteiger partial charge in [0.1, 0.15) is 5.75 Å². The van der Waals surface area contributed by atoms with Gasteiger partial charge in [0.05, 0.1) is 5.60 Å². The molecule has 1 aromatic rings. The summed E-state index contributed by atoms with van der Waals surface area (Å²) in [5.74, 6) is 0.294. The first kappa shape index (κ1) is 12.4. The van der Waals surface area contributed by atoms with Gasteiger partial charge in [-0.2, -0.15) is 0 Å². The predicted molar refractivity (Wildman–Crippen MR) is 68.0 cm³/mol. The molecule has 0 bridgehead atoms. The number of benzene rings is 1. The highest BCUT2D eigenvalue weighted by atomic mass is 16.5. The Balaban J connectivity index is 2.00. The number of aromatic hydroxyl groups is 1. The summed E-state index contributed by atoms with van der Waals surface area (Å²) < 4.78 is 5.85. The van der Waals surface area contributed by atoms with Gasteiger partial charge in [-0.05, 0) is 50.3 Å². The largest absolute Gasteiger partial charge is 0.508 e. The summed E-state index contributed by atoms with van der Waals surface area (Å²) in [6, 6.07) is 7.24. The van der Waals surface area contributed by atoms with E-state index in [0.29, 0.717) is 5.75 Å². The van der Waals surface area contributed by atoms with Crippen molar-refractivity contribution in [1.82, 2.24) is 0 Å². The van der Waals surface area contributed by atoms with Gasteiger partial charge in [0.2, 0.25) is 0 Å². The highest BCUT2D eigenvalue weighted by molar-refractivity contribution is 5.26. The summed E-state index contributed by atoms with van der Waals surface area (Å²) in [5.41, 5.74) is 7.21. The molecule has 3 N–H and O–H groups in total. The second-order valence-corrected chi connectivity index (χ2v) is 5.10. The SMILES string of the molecule is CC1(C(N)Cc2ccc(O)cc2)CCCCO1. The third-order valence-electron chi connectivity index (χ3n) is 3.68. The fraction of sp³-hybridized carbons (Fsp3) is 0.571. The molecule has 1 fully saturated rings. The van der Waals surface area contributed by atoms with Crippen LogP contribution >= 0.6 is 0 Å². The van der Waals surface area contributed by atoms with Gasteiger partial charge in [-0.1, -0.05) is 12.1 Å². The Hall–Kier alpha value is -1.06. The van der Waals surface area contributed by atoms with Gasteiger partial charge in [-0.3, -0.25) is 0 Å². The lowest BCUT2D eigenvalue weighted by atomic mass is 9.85. The minimum Gasteiger partial charge on any atom is -0.508 e. The maximum absolute atomic E-state index is 9.23. The van der Waals surface area contributed by atoms with E-state index in [2.05, 4.69) is 6.92 Å². The van der Waals surface area contributed by atoms with Crippen molar-refractivity contribution in [2.75, 3.05) is 6.61 Å². The average molecular weight is 235 g/mol. The lowest BCUT2D eigenvalue weighted by Crippen LogP contribution is -2.50. The Morgan fingerprint density at radius 1 is 1.35 bits per heavy atom. The summed E-state index contributed by atoms with van der Waals surface area (Å²) in [6.07, 6.45) is 4.16. The lowest BCUT2D eigenvalue weighted by molar-refractivity contribution is -0.0808. The van der Waals surface area contributed by atoms with E-state index >= 15 is 0 Å². The number of nitrogens with two attached hydrogens (primary N) is 1. The summed E-state index contributed by atoms with van der Waals surface area (Å²) in [4.78, 5) is 0. The second-order valence-electron chi connectivity index (χ2n) is 5.10. The van der Waals surface area contributed by atoms with Crippen molar-refractivity contribution in [2.45, 2.75) is 44.2 Å². The molecule has 0 saturated carbocycles. The number of ether oxygens (including phenoxy) is 1. The van der Waals surface area contributed by atoms with Crippen molar-refractivity contribution in [1.29, 1.82) is 0 Å². The molecular formula is C14H21NO2. The maximum Gasteiger partial charge on any atom is 0.115 e. The molecule has 1 aromatic carbocycles. The molecule has 1 saturated heterocycles. The molecule has 17 heavy (non-hydrogen) atoms. The van der Waals surface area contributed by atoms with E-state index < -0.39 is 0 Å². The van der Waals surface area contributed by atoms with E-state index in [1.54, 1.807) is 12.1 Å². The van der Waals surface area contributed by atoms with Gasteiger partial charge >= 0.3 is 0 Å². The first-order valence-electron chi connectivity index (χ1n) is 6.28. The van der Waals surface area contributed by atoms with Gasteiger partial charge in [0.25, 0.3) is 0 Å². The van der Waals surface area contributed by atoms with E-state index in [0.717, 1.165) is 31.4 Å². The predicted octanol–water partition coefficient (Wildman–Crippen LogP) is 2.22. The van der Waals surface area contributed by atoms with Crippen LogP contribution in [0.4, 0.5) is 0 Å². The van der Waals surface area contributed by atoms with Crippen LogP contribution in [0.5, 0.6) is 5.75 Å². The molecule has 0 spiro atoms. The first-order chi connectivity index (χ1) is 8.10. The molecule has 0 radical (unpaired) electrons. The van der Waals surface area contributed by atoms with Crippen LogP contribution in [-0.4, -0.2) is 23.4 Å². The third-order valence-corrected chi connectivity index (χ3v) is 3.68. The molecule has 3 heteroatoms. The smallest absolute Gasteiger partial charge is 0.115 e. The van der Waals surface area contributed by atoms with Crippen molar-refractivity contribution in [2.24, 2.45) is 5.73 Å². The minimum absolute atomic E-state index is 0.00680. The Kier molecular flexibility index (Phi) is 3.69. The van der Waals surface area contributed by atoms with E-state index in [4.69, 9.17) is 10.5 Å². The van der Waals surface area contributed by atoms with Crippen molar-refractivity contribution in [3.63, 3.8) is 0 Å². The molecule has 2 atom stereocenters. The quantitative estimate of drug-likeness (QED) is 0.844. The van der Waals surface area contributed by atoms with Crippen LogP contribution in [0.1, 0.15) is 31.7 Å². The Labute approximate surface area is 103 Å². The zero-order chi connectivity index (χ0) is 12.3. The highest BCUT2D eigenvalue weighted by Gasteiger charge is 2.34. The van der Waals surface area contributed by atoms with Crippen LogP contribution < -0.4 is 5.73 Å². The number of hydrogen-bond donors (Lipinski definition) is 2. The molecule has 1 heterocycles. The van der Waals surface area contributed by atoms with Gasteiger partial charge < -0.3 is 15.6 Å². The summed E-state index contributed by atoms with van der Waals surface area (Å²) in [6.45, 7) is 2.93. The molecule has 0 aromatic heterocycles. The van der Waals surface area contributed by atoms with E-state index in [1.165, 1.54) is 6.42 Å². The summed E-state index contributed by atoms with van der Waals surface area (Å²) in [7, 11) is 0. The van der Waals surface area contributed by atoms with Crippen LogP contribution in [0.15, 0.2) is 24.3 Å². The molecule has 1 aliphatic rings. The number of phenolic OH excluding ortho intramolecular Hbond substituents is 1. The molecule has 2 unspecified atom stereocenters. The molecule has 0 amide bonds. The number of phenols is 1. The topological polar surface area (TPSA) is 55.5 Å². The monoisotopic (exact) mass is 235 g/mol. The van der Waals surface area contributed by atoms with Crippen molar-refractivity contribution in [3.05, 3.63) is 29.8 Å². The highest BCUT2D eigenvalue weighted by Crippen LogP contribution is 2.28. The molecule has 2 rings (SSSR count). The molecule has 1 aliphatic heterocycles. The second kappa shape index (κ2) is 5.07. The summed E-state index contributed by atoms with van der Waals surface area (Å²) in [5, 5.41) is 9.23. The van der Waals surface area contributed by atoms with Crippen LogP contribution in [0, 0.1) is 0 Å². The molecule has 0 aliphatic carbocycles. The van der Waals surface area contributed by atoms with Gasteiger partial charge in [-0.15, -0.1) is 0 Å². The maximum atomic E-state index is 9.23. The van der Waals surface area contributed by atoms with Gasteiger partial charge in [0, 0.05) is 12.6 Å². The molecule has 3 nitrogen and oxygen atoms in total. The van der Waals surface area contributed by atoms with Gasteiger partial charge in [-0.25, -0.2) is 0 Å². The Morgan fingerprint density at radius 3 is 2.65 bits per heavy atom. The van der Waals surface area contributed by atoms with Crippen LogP contribution in [0.3, 0.4) is 0 Å². The Bertz CT molecular complexity index is 355. The van der Waals surface area contributed by atoms with E-state index in [-0.39, 0.29) is 11.6 Å². The minimum atomic E-state index is -0.198. The first-order valence-corrected chi connectivity index (χ1v) is 6.28. The third kappa shape index (κ3) is 2.99. The normalized spacial score (nSPS) is 26.7. The Morgan fingerprint density at radius 2 is 2.06 bits per heavy atom. The van der Waals surface area contributed by atoms with Crippen molar-refractivity contribution < 1.29 is 9.84 Å². The zero-order valence-corrected chi connectivity index (χ0v) is 10.4. The van der Waals surface area contributed by atoms with Crippen LogP contribution in [-0.2, 0) is 11.2 Å². The fourth-order valence-corrected chi connectivity index (χ4v) is 2.35. The van der Waals surface area contributed by atoms with Crippen molar-refractivity contribution in [3.8, 4) is 5.75 Å². The zero-order valence-electron chi connectivity index (χ0n) is 10.4. The number of hydrogen-bond acceptors (Lipinski definition) is 3. The molecule has 94 valence electrons. The van der Waals surface area contributed by atoms with Gasteiger partial charge in [0.15, 0.2) is 0 Å². The summed E-state index contributed by atoms with van der Waals surface area (Å²) >= 11 is 0. The van der Waals surface area contributed by atoms with E-state index in [1.807, 2.05) is 12.1 Å². The van der Waals surface area contributed by atoms with Crippen molar-refractivity contribution >= 4 is 0 Å². The molecular weight excluding hydrogens is 214 g/mol. The number of rotatable bonds is 3. The average Bonchev–Trinajstić information content (AvgIpc) is 2.33. The van der Waals surface area contributed by atoms with E-state index in [9.17, 15) is 5.11 Å². The van der Waals surface area contributed by atoms with Crippen LogP contribution in [0.2, 0.25) is 0 Å². The van der Waals surface area contributed by atoms with Crippen LogP contribution in [0.25, 0.3) is 0 Å². The fourth-order valence-electron chi connectivity index (χ4n) is 2.35.